The van der Waals surface area contributed by atoms with Crippen LogP contribution in [0, 0.1) is 0 Å². The molecule has 2 N–H and O–H groups in total. The lowest BCUT2D eigenvalue weighted by Crippen LogP contribution is -2.39. The van der Waals surface area contributed by atoms with Crippen LogP contribution in [0.15, 0.2) is 36.8 Å². The van der Waals surface area contributed by atoms with Crippen LogP contribution >= 0.6 is 34.8 Å². The highest BCUT2D eigenvalue weighted by atomic mass is 35.5. The minimum atomic E-state index is -0.931. The fraction of sp³-hybridized carbons (Fsp3) is 0.278. The van der Waals surface area contributed by atoms with Gasteiger partial charge in [0.25, 0.3) is 0 Å². The summed E-state index contributed by atoms with van der Waals surface area (Å²) in [5.74, 6) is 0.362. The molecule has 3 aromatic rings. The van der Waals surface area contributed by atoms with Crippen molar-refractivity contribution in [1.82, 2.24) is 19.7 Å². The van der Waals surface area contributed by atoms with E-state index in [4.69, 9.17) is 34.8 Å². The van der Waals surface area contributed by atoms with Crippen molar-refractivity contribution >= 4 is 40.8 Å². The lowest BCUT2D eigenvalue weighted by Gasteiger charge is -2.26. The van der Waals surface area contributed by atoms with Crippen LogP contribution in [0.3, 0.4) is 0 Å². The molecule has 142 valence electrons. The molecule has 0 spiro atoms. The summed E-state index contributed by atoms with van der Waals surface area (Å²) in [4.78, 5) is 8.65. The Morgan fingerprint density at radius 3 is 2.56 bits per heavy atom. The van der Waals surface area contributed by atoms with Crippen molar-refractivity contribution < 1.29 is 5.11 Å². The van der Waals surface area contributed by atoms with E-state index in [0.717, 1.165) is 0 Å². The first-order valence-electron chi connectivity index (χ1n) is 8.17. The highest BCUT2D eigenvalue weighted by molar-refractivity contribution is 6.35. The van der Waals surface area contributed by atoms with E-state index in [1.807, 2.05) is 6.92 Å². The maximum absolute atomic E-state index is 10.1. The molecule has 0 unspecified atom stereocenters. The van der Waals surface area contributed by atoms with Crippen LogP contribution in [0.2, 0.25) is 15.1 Å². The summed E-state index contributed by atoms with van der Waals surface area (Å²) in [6.45, 7) is 5.26. The highest BCUT2D eigenvalue weighted by Crippen LogP contribution is 2.29. The van der Waals surface area contributed by atoms with Gasteiger partial charge in [0.15, 0.2) is 0 Å². The minimum Gasteiger partial charge on any atom is -0.388 e. The molecular formula is C18H18Cl3N5O. The summed E-state index contributed by atoms with van der Waals surface area (Å²) in [5.41, 5.74) is 0.978. The predicted octanol–water partition coefficient (Wildman–Crippen LogP) is 4.86. The molecule has 0 saturated heterocycles. The van der Waals surface area contributed by atoms with Crippen LogP contribution in [0.5, 0.6) is 0 Å². The fourth-order valence-corrected chi connectivity index (χ4v) is 2.95. The van der Waals surface area contributed by atoms with Gasteiger partial charge in [-0.05, 0) is 39.0 Å². The summed E-state index contributed by atoms with van der Waals surface area (Å²) >= 11 is 18.5. The standard InChI is InChI=1S/C18H18Cl3N5O/c1-10(18(2,3)27)24-17-22-8-14(21)16(25-17)11-7-23-26(9-11)15-5-4-12(19)6-13(15)20/h4-10,27H,1-3H3,(H,22,24,25)/t10-/m1/s1. The second-order valence-corrected chi connectivity index (χ2v) is 7.93. The van der Waals surface area contributed by atoms with Crippen LogP contribution in [0.1, 0.15) is 20.8 Å². The summed E-state index contributed by atoms with van der Waals surface area (Å²) in [6, 6.07) is 4.91. The van der Waals surface area contributed by atoms with E-state index in [1.54, 1.807) is 49.1 Å². The molecular weight excluding hydrogens is 409 g/mol. The molecule has 0 fully saturated rings. The predicted molar refractivity (Wildman–Crippen MR) is 109 cm³/mol. The second-order valence-electron chi connectivity index (χ2n) is 6.68. The van der Waals surface area contributed by atoms with Crippen LogP contribution < -0.4 is 5.32 Å². The van der Waals surface area contributed by atoms with Crippen molar-refractivity contribution in [3.63, 3.8) is 0 Å². The quantitative estimate of drug-likeness (QED) is 0.609. The van der Waals surface area contributed by atoms with E-state index < -0.39 is 5.60 Å². The van der Waals surface area contributed by atoms with Crippen molar-refractivity contribution in [2.24, 2.45) is 0 Å². The van der Waals surface area contributed by atoms with Gasteiger partial charge in [-0.1, -0.05) is 34.8 Å². The Labute approximate surface area is 172 Å². The van der Waals surface area contributed by atoms with Crippen molar-refractivity contribution in [3.8, 4) is 16.9 Å². The Bertz CT molecular complexity index is 968. The third-order valence-electron chi connectivity index (χ3n) is 4.16. The number of halogens is 3. The van der Waals surface area contributed by atoms with Crippen molar-refractivity contribution in [2.45, 2.75) is 32.4 Å². The molecule has 2 heterocycles. The van der Waals surface area contributed by atoms with Crippen molar-refractivity contribution in [1.29, 1.82) is 0 Å². The topological polar surface area (TPSA) is 75.9 Å². The largest absolute Gasteiger partial charge is 0.388 e. The van der Waals surface area contributed by atoms with Crippen LogP contribution in [0.4, 0.5) is 5.95 Å². The van der Waals surface area contributed by atoms with Gasteiger partial charge in [-0.25, -0.2) is 14.6 Å². The number of nitrogens with one attached hydrogen (secondary N) is 1. The van der Waals surface area contributed by atoms with Gasteiger partial charge in [0.2, 0.25) is 5.95 Å². The van der Waals surface area contributed by atoms with E-state index in [9.17, 15) is 5.11 Å². The van der Waals surface area contributed by atoms with Gasteiger partial charge in [0.05, 0.1) is 45.5 Å². The summed E-state index contributed by atoms with van der Waals surface area (Å²) < 4.78 is 1.62. The molecule has 9 heteroatoms. The molecule has 0 aliphatic carbocycles. The Balaban J connectivity index is 1.93. The molecule has 0 amide bonds. The normalized spacial score (nSPS) is 12.9. The smallest absolute Gasteiger partial charge is 0.223 e. The molecule has 0 bridgehead atoms. The molecule has 3 rings (SSSR count). The van der Waals surface area contributed by atoms with Gasteiger partial charge >= 0.3 is 0 Å². The Morgan fingerprint density at radius 1 is 1.15 bits per heavy atom. The molecule has 27 heavy (non-hydrogen) atoms. The molecule has 0 saturated carbocycles. The number of hydrogen-bond donors (Lipinski definition) is 2. The van der Waals surface area contributed by atoms with E-state index in [0.29, 0.717) is 38.0 Å². The number of aliphatic hydroxyl groups is 1. The van der Waals surface area contributed by atoms with Gasteiger partial charge in [-0.2, -0.15) is 5.10 Å². The van der Waals surface area contributed by atoms with E-state index in [-0.39, 0.29) is 6.04 Å². The molecule has 1 aromatic carbocycles. The van der Waals surface area contributed by atoms with Gasteiger partial charge in [-0.3, -0.25) is 0 Å². The molecule has 0 aliphatic heterocycles. The number of hydrogen-bond acceptors (Lipinski definition) is 5. The fourth-order valence-electron chi connectivity index (χ4n) is 2.25. The second kappa shape index (κ2) is 7.64. The van der Waals surface area contributed by atoms with Gasteiger partial charge in [-0.15, -0.1) is 0 Å². The third kappa shape index (κ3) is 4.52. The third-order valence-corrected chi connectivity index (χ3v) is 4.98. The molecule has 0 radical (unpaired) electrons. The monoisotopic (exact) mass is 425 g/mol. The molecule has 6 nitrogen and oxygen atoms in total. The number of anilines is 1. The minimum absolute atomic E-state index is 0.262. The summed E-state index contributed by atoms with van der Waals surface area (Å²) in [7, 11) is 0. The zero-order chi connectivity index (χ0) is 19.8. The number of rotatable bonds is 5. The first kappa shape index (κ1) is 19.9. The Hall–Kier alpha value is -1.86. The SMILES string of the molecule is C[C@@H](Nc1ncc(Cl)c(-c2cnn(-c3ccc(Cl)cc3Cl)c2)n1)C(C)(C)O. The zero-order valence-corrected chi connectivity index (χ0v) is 17.2. The first-order chi connectivity index (χ1) is 12.6. The lowest BCUT2D eigenvalue weighted by atomic mass is 10.0. The number of nitrogens with zero attached hydrogens (tertiary/aromatic N) is 4. The van der Waals surface area contributed by atoms with E-state index in [1.165, 1.54) is 6.20 Å². The maximum Gasteiger partial charge on any atom is 0.223 e. The van der Waals surface area contributed by atoms with E-state index in [2.05, 4.69) is 20.4 Å². The molecule has 2 aromatic heterocycles. The van der Waals surface area contributed by atoms with Gasteiger partial charge < -0.3 is 10.4 Å². The average Bonchev–Trinajstić information content (AvgIpc) is 3.05. The van der Waals surface area contributed by atoms with Crippen LogP contribution in [-0.4, -0.2) is 36.5 Å². The van der Waals surface area contributed by atoms with Crippen LogP contribution in [-0.2, 0) is 0 Å². The van der Waals surface area contributed by atoms with E-state index >= 15 is 0 Å². The van der Waals surface area contributed by atoms with Crippen molar-refractivity contribution in [2.75, 3.05) is 5.32 Å². The highest BCUT2D eigenvalue weighted by Gasteiger charge is 2.23. The van der Waals surface area contributed by atoms with Crippen molar-refractivity contribution in [3.05, 3.63) is 51.9 Å². The first-order valence-corrected chi connectivity index (χ1v) is 9.30. The number of aromatic nitrogens is 4. The van der Waals surface area contributed by atoms with Gasteiger partial charge in [0.1, 0.15) is 0 Å². The summed E-state index contributed by atoms with van der Waals surface area (Å²) in [5, 5.41) is 18.9. The number of benzene rings is 1. The lowest BCUT2D eigenvalue weighted by molar-refractivity contribution is 0.0646. The Kier molecular flexibility index (Phi) is 5.63. The van der Waals surface area contributed by atoms with Gasteiger partial charge in [0, 0.05) is 16.8 Å². The van der Waals surface area contributed by atoms with Crippen LogP contribution in [0.25, 0.3) is 16.9 Å². The molecule has 0 aliphatic rings. The Morgan fingerprint density at radius 2 is 1.89 bits per heavy atom. The zero-order valence-electron chi connectivity index (χ0n) is 14.9. The maximum atomic E-state index is 10.1. The summed E-state index contributed by atoms with van der Waals surface area (Å²) in [6.07, 6.45) is 4.92. The average molecular weight is 427 g/mol. The molecule has 1 atom stereocenters.